The van der Waals surface area contributed by atoms with E-state index in [2.05, 4.69) is 85.0 Å². The van der Waals surface area contributed by atoms with Crippen LogP contribution in [0.15, 0.2) is 46.6 Å². The van der Waals surface area contributed by atoms with Gasteiger partial charge in [-0.1, -0.05) is 60.4 Å². The zero-order valence-electron chi connectivity index (χ0n) is 18.2. The molecule has 0 saturated carbocycles. The third-order valence-electron chi connectivity index (χ3n) is 4.46. The zero-order chi connectivity index (χ0) is 19.2. The number of allylic oxidation sites excluding steroid dienone is 6. The lowest BCUT2D eigenvalue weighted by atomic mass is 10.0. The van der Waals surface area contributed by atoms with Crippen molar-refractivity contribution in [1.29, 1.82) is 0 Å². The van der Waals surface area contributed by atoms with Gasteiger partial charge in [-0.05, 0) is 80.1 Å². The molecule has 0 aliphatic heterocycles. The van der Waals surface area contributed by atoms with Crippen molar-refractivity contribution in [2.24, 2.45) is 0 Å². The van der Waals surface area contributed by atoms with Crippen LogP contribution in [-0.4, -0.2) is 12.1 Å². The summed E-state index contributed by atoms with van der Waals surface area (Å²) in [7, 11) is 0. The second-order valence-electron chi connectivity index (χ2n) is 7.86. The summed E-state index contributed by atoms with van der Waals surface area (Å²) >= 11 is 0. The lowest BCUT2D eigenvalue weighted by Gasteiger charge is -2.21. The highest BCUT2D eigenvalue weighted by molar-refractivity contribution is 5.10. The van der Waals surface area contributed by atoms with Gasteiger partial charge >= 0.3 is 0 Å². The van der Waals surface area contributed by atoms with Gasteiger partial charge in [0.15, 0.2) is 0 Å². The fourth-order valence-electron chi connectivity index (χ4n) is 2.87. The van der Waals surface area contributed by atoms with Gasteiger partial charge < -0.3 is 5.32 Å². The highest BCUT2D eigenvalue weighted by atomic mass is 14.9. The molecule has 25 heavy (non-hydrogen) atoms. The smallest absolute Gasteiger partial charge is 0.0255 e. The molecule has 1 nitrogen and oxygen atoms in total. The van der Waals surface area contributed by atoms with E-state index in [9.17, 15) is 0 Å². The summed E-state index contributed by atoms with van der Waals surface area (Å²) in [5.74, 6) is 0. The van der Waals surface area contributed by atoms with Gasteiger partial charge in [0.2, 0.25) is 0 Å². The van der Waals surface area contributed by atoms with Gasteiger partial charge in [-0.3, -0.25) is 0 Å². The van der Waals surface area contributed by atoms with Crippen molar-refractivity contribution in [3.05, 3.63) is 46.6 Å². The Balaban J connectivity index is 4.67. The molecule has 0 aromatic rings. The SMILES string of the molecule is CCC(C=C(C)CCC=C(C)C)NC(C=C(C)CCC=C(C)C)CC. The number of rotatable bonds is 12. The van der Waals surface area contributed by atoms with Crippen LogP contribution >= 0.6 is 0 Å². The molecule has 0 aliphatic carbocycles. The first kappa shape index (κ1) is 23.9. The lowest BCUT2D eigenvalue weighted by Crippen LogP contribution is -2.35. The van der Waals surface area contributed by atoms with Crippen molar-refractivity contribution in [2.75, 3.05) is 0 Å². The maximum absolute atomic E-state index is 3.83. The first-order valence-corrected chi connectivity index (χ1v) is 10.2. The predicted molar refractivity (Wildman–Crippen MR) is 116 cm³/mol. The van der Waals surface area contributed by atoms with Crippen LogP contribution in [0.1, 0.15) is 93.9 Å². The van der Waals surface area contributed by atoms with Gasteiger partial charge in [0.1, 0.15) is 0 Å². The molecule has 0 aromatic heterocycles. The normalized spacial score (nSPS) is 14.9. The van der Waals surface area contributed by atoms with Crippen molar-refractivity contribution < 1.29 is 0 Å². The van der Waals surface area contributed by atoms with E-state index in [0.29, 0.717) is 12.1 Å². The highest BCUT2D eigenvalue weighted by Gasteiger charge is 2.09. The standard InChI is InChI=1S/C24H43N/c1-9-23(17-21(7)15-11-13-19(3)4)25-24(10-2)18-22(8)16-12-14-20(5)6/h13-14,17-18,23-25H,9-12,15-16H2,1-8H3. The largest absolute Gasteiger partial charge is 0.304 e. The Kier molecular flexibility index (Phi) is 13.5. The van der Waals surface area contributed by atoms with Gasteiger partial charge in [0.05, 0.1) is 0 Å². The first-order chi connectivity index (χ1) is 11.8. The molecule has 2 atom stereocenters. The van der Waals surface area contributed by atoms with Gasteiger partial charge in [-0.15, -0.1) is 0 Å². The van der Waals surface area contributed by atoms with Crippen molar-refractivity contribution in [3.8, 4) is 0 Å². The molecule has 1 N–H and O–H groups in total. The summed E-state index contributed by atoms with van der Waals surface area (Å²) in [6.45, 7) is 17.8. The molecule has 2 unspecified atom stereocenters. The minimum Gasteiger partial charge on any atom is -0.304 e. The van der Waals surface area contributed by atoms with E-state index < -0.39 is 0 Å². The summed E-state index contributed by atoms with van der Waals surface area (Å²) in [4.78, 5) is 0. The van der Waals surface area contributed by atoms with Crippen molar-refractivity contribution in [3.63, 3.8) is 0 Å². The highest BCUT2D eigenvalue weighted by Crippen LogP contribution is 2.12. The minimum absolute atomic E-state index is 0.471. The molecule has 0 spiro atoms. The predicted octanol–water partition coefficient (Wildman–Crippen LogP) is 7.52. The van der Waals surface area contributed by atoms with Crippen LogP contribution < -0.4 is 5.32 Å². The Morgan fingerprint density at radius 2 is 1.04 bits per heavy atom. The van der Waals surface area contributed by atoms with Gasteiger partial charge in [-0.2, -0.15) is 0 Å². The van der Waals surface area contributed by atoms with Crippen LogP contribution in [0.3, 0.4) is 0 Å². The van der Waals surface area contributed by atoms with Crippen molar-refractivity contribution in [1.82, 2.24) is 5.32 Å². The number of hydrogen-bond acceptors (Lipinski definition) is 1. The maximum Gasteiger partial charge on any atom is 0.0255 e. The third kappa shape index (κ3) is 13.8. The average Bonchev–Trinajstić information content (AvgIpc) is 2.52. The van der Waals surface area contributed by atoms with Crippen LogP contribution in [0, 0.1) is 0 Å². The monoisotopic (exact) mass is 345 g/mol. The lowest BCUT2D eigenvalue weighted by molar-refractivity contribution is 0.503. The Labute approximate surface area is 158 Å². The van der Waals surface area contributed by atoms with Crippen LogP contribution in [0.4, 0.5) is 0 Å². The minimum atomic E-state index is 0.471. The third-order valence-corrected chi connectivity index (χ3v) is 4.46. The summed E-state index contributed by atoms with van der Waals surface area (Å²) < 4.78 is 0. The number of nitrogens with one attached hydrogen (secondary N) is 1. The first-order valence-electron chi connectivity index (χ1n) is 10.2. The fourth-order valence-corrected chi connectivity index (χ4v) is 2.87. The summed E-state index contributed by atoms with van der Waals surface area (Å²) in [6, 6.07) is 0.942. The fraction of sp³-hybridized carbons (Fsp3) is 0.667. The average molecular weight is 346 g/mol. The van der Waals surface area contributed by atoms with Gasteiger partial charge in [0.25, 0.3) is 0 Å². The van der Waals surface area contributed by atoms with Gasteiger partial charge in [0, 0.05) is 12.1 Å². The molecule has 0 bridgehead atoms. The molecule has 0 amide bonds. The van der Waals surface area contributed by atoms with E-state index in [4.69, 9.17) is 0 Å². The molecule has 0 radical (unpaired) electrons. The maximum atomic E-state index is 3.83. The van der Waals surface area contributed by atoms with Gasteiger partial charge in [-0.25, -0.2) is 0 Å². The van der Waals surface area contributed by atoms with E-state index in [1.807, 2.05) is 0 Å². The Morgan fingerprint density at radius 3 is 1.32 bits per heavy atom. The molecule has 0 saturated heterocycles. The van der Waals surface area contributed by atoms with Crippen LogP contribution in [-0.2, 0) is 0 Å². The summed E-state index contributed by atoms with van der Waals surface area (Å²) in [5.41, 5.74) is 5.82. The zero-order valence-corrected chi connectivity index (χ0v) is 18.2. The summed E-state index contributed by atoms with van der Waals surface area (Å²) in [6.07, 6.45) is 16.5. The second-order valence-corrected chi connectivity index (χ2v) is 7.86. The molecule has 0 aromatic carbocycles. The van der Waals surface area contributed by atoms with Crippen LogP contribution in [0.2, 0.25) is 0 Å². The summed E-state index contributed by atoms with van der Waals surface area (Å²) in [5, 5.41) is 3.83. The van der Waals surface area contributed by atoms with Crippen LogP contribution in [0.5, 0.6) is 0 Å². The van der Waals surface area contributed by atoms with Crippen LogP contribution in [0.25, 0.3) is 0 Å². The van der Waals surface area contributed by atoms with Crippen molar-refractivity contribution in [2.45, 2.75) is 106 Å². The molecule has 0 rings (SSSR count). The molecule has 0 fully saturated rings. The molecule has 0 heterocycles. The van der Waals surface area contributed by atoms with E-state index >= 15 is 0 Å². The van der Waals surface area contributed by atoms with E-state index in [-0.39, 0.29) is 0 Å². The molecular weight excluding hydrogens is 302 g/mol. The van der Waals surface area contributed by atoms with E-state index in [1.54, 1.807) is 0 Å². The molecule has 0 aliphatic rings. The van der Waals surface area contributed by atoms with E-state index in [0.717, 1.165) is 38.5 Å². The van der Waals surface area contributed by atoms with E-state index in [1.165, 1.54) is 22.3 Å². The molecule has 1 heteroatoms. The number of hydrogen-bond donors (Lipinski definition) is 1. The Morgan fingerprint density at radius 1 is 0.680 bits per heavy atom. The molecule has 144 valence electrons. The second kappa shape index (κ2) is 14.1. The topological polar surface area (TPSA) is 12.0 Å². The Bertz CT molecular complexity index is 424. The quantitative estimate of drug-likeness (QED) is 0.361. The van der Waals surface area contributed by atoms with Crippen molar-refractivity contribution >= 4 is 0 Å². The Hall–Kier alpha value is -1.08. The molecular formula is C24H43N.